The first-order valence-electron chi connectivity index (χ1n) is 10.9. The molecular weight excluding hydrogens is 406 g/mol. The second-order valence-electron chi connectivity index (χ2n) is 7.94. The number of nitrogens with zero attached hydrogens (tertiary/aromatic N) is 2. The fourth-order valence-corrected chi connectivity index (χ4v) is 3.88. The number of likely N-dealkylation sites (tertiary alicyclic amines) is 1. The zero-order chi connectivity index (χ0) is 22.3. The van der Waals surface area contributed by atoms with Crippen LogP contribution < -0.4 is 10.1 Å². The molecule has 7 heteroatoms. The van der Waals surface area contributed by atoms with Gasteiger partial charge in [-0.15, -0.1) is 0 Å². The maximum atomic E-state index is 13.0. The van der Waals surface area contributed by atoms with Gasteiger partial charge in [0.05, 0.1) is 12.3 Å². The van der Waals surface area contributed by atoms with E-state index in [1.165, 1.54) is 6.26 Å². The second kappa shape index (κ2) is 10.1. The molecule has 2 amide bonds. The Kier molecular flexibility index (Phi) is 6.84. The van der Waals surface area contributed by atoms with Gasteiger partial charge >= 0.3 is 0 Å². The minimum atomic E-state index is -0.495. The molecule has 0 saturated carbocycles. The maximum Gasteiger partial charge on any atom is 0.290 e. The molecule has 3 aromatic rings. The summed E-state index contributed by atoms with van der Waals surface area (Å²) < 4.78 is 11.0. The lowest BCUT2D eigenvalue weighted by atomic mass is 10.00. The van der Waals surface area contributed by atoms with Crippen LogP contribution in [0, 0.1) is 0 Å². The summed E-state index contributed by atoms with van der Waals surface area (Å²) in [6.07, 6.45) is 7.42. The molecule has 1 aliphatic heterocycles. The predicted molar refractivity (Wildman–Crippen MR) is 119 cm³/mol. The van der Waals surface area contributed by atoms with Crippen molar-refractivity contribution in [3.8, 4) is 5.75 Å². The Balaban J connectivity index is 1.35. The molecule has 1 aliphatic rings. The molecule has 32 heavy (non-hydrogen) atoms. The van der Waals surface area contributed by atoms with Crippen molar-refractivity contribution in [3.05, 3.63) is 84.1 Å². The lowest BCUT2D eigenvalue weighted by Crippen LogP contribution is -2.52. The van der Waals surface area contributed by atoms with Gasteiger partial charge in [0.1, 0.15) is 18.4 Å². The van der Waals surface area contributed by atoms with Crippen molar-refractivity contribution in [3.63, 3.8) is 0 Å². The number of amides is 2. The topological polar surface area (TPSA) is 84.7 Å². The SMILES string of the molecule is CC(NC(=O)C1CCCCN1C(=O)c1ccco1)c1ccc(OCc2cccnc2)cc1. The Labute approximate surface area is 187 Å². The largest absolute Gasteiger partial charge is 0.489 e. The summed E-state index contributed by atoms with van der Waals surface area (Å²) in [5, 5.41) is 3.06. The number of carbonyl (C=O) groups excluding carboxylic acids is 2. The third-order valence-electron chi connectivity index (χ3n) is 5.67. The number of pyridine rings is 1. The Morgan fingerprint density at radius 1 is 1.19 bits per heavy atom. The minimum Gasteiger partial charge on any atom is -0.489 e. The highest BCUT2D eigenvalue weighted by atomic mass is 16.5. The number of nitrogens with one attached hydrogen (secondary N) is 1. The van der Waals surface area contributed by atoms with Crippen LogP contribution in [0.5, 0.6) is 5.75 Å². The Bertz CT molecular complexity index is 1020. The smallest absolute Gasteiger partial charge is 0.290 e. The molecule has 166 valence electrons. The monoisotopic (exact) mass is 433 g/mol. The highest BCUT2D eigenvalue weighted by Crippen LogP contribution is 2.23. The van der Waals surface area contributed by atoms with E-state index in [1.807, 2.05) is 43.3 Å². The van der Waals surface area contributed by atoms with Crippen molar-refractivity contribution < 1.29 is 18.7 Å². The lowest BCUT2D eigenvalue weighted by molar-refractivity contribution is -0.127. The highest BCUT2D eigenvalue weighted by Gasteiger charge is 2.34. The molecule has 0 radical (unpaired) electrons. The van der Waals surface area contributed by atoms with Crippen molar-refractivity contribution in [2.45, 2.75) is 44.9 Å². The summed E-state index contributed by atoms with van der Waals surface area (Å²) in [6.45, 7) is 2.93. The van der Waals surface area contributed by atoms with E-state index in [2.05, 4.69) is 10.3 Å². The van der Waals surface area contributed by atoms with E-state index in [1.54, 1.807) is 29.4 Å². The summed E-state index contributed by atoms with van der Waals surface area (Å²) in [5.74, 6) is 0.630. The minimum absolute atomic E-state index is 0.144. The van der Waals surface area contributed by atoms with Gasteiger partial charge in [-0.1, -0.05) is 18.2 Å². The molecule has 2 aromatic heterocycles. The van der Waals surface area contributed by atoms with Crippen molar-refractivity contribution in [1.29, 1.82) is 0 Å². The summed E-state index contributed by atoms with van der Waals surface area (Å²) in [5.41, 5.74) is 1.96. The summed E-state index contributed by atoms with van der Waals surface area (Å²) in [4.78, 5) is 31.5. The van der Waals surface area contributed by atoms with E-state index in [4.69, 9.17) is 9.15 Å². The summed E-state index contributed by atoms with van der Waals surface area (Å²) in [7, 11) is 0. The number of furan rings is 1. The normalized spacial score (nSPS) is 16.9. The molecule has 2 atom stereocenters. The lowest BCUT2D eigenvalue weighted by Gasteiger charge is -2.34. The van der Waals surface area contributed by atoms with Gasteiger partial charge in [0.2, 0.25) is 5.91 Å². The van der Waals surface area contributed by atoms with Gasteiger partial charge in [-0.2, -0.15) is 0 Å². The average molecular weight is 434 g/mol. The van der Waals surface area contributed by atoms with Crippen LogP contribution in [0.2, 0.25) is 0 Å². The first kappa shape index (κ1) is 21.6. The van der Waals surface area contributed by atoms with Crippen LogP contribution in [0.4, 0.5) is 0 Å². The van der Waals surface area contributed by atoms with Gasteiger partial charge in [0.25, 0.3) is 5.91 Å². The molecule has 1 saturated heterocycles. The van der Waals surface area contributed by atoms with E-state index in [-0.39, 0.29) is 23.6 Å². The zero-order valence-corrected chi connectivity index (χ0v) is 18.1. The van der Waals surface area contributed by atoms with Crippen LogP contribution in [0.1, 0.15) is 53.9 Å². The number of hydrogen-bond donors (Lipinski definition) is 1. The van der Waals surface area contributed by atoms with E-state index >= 15 is 0 Å². The number of piperidine rings is 1. The Morgan fingerprint density at radius 2 is 2.03 bits per heavy atom. The Morgan fingerprint density at radius 3 is 2.75 bits per heavy atom. The second-order valence-corrected chi connectivity index (χ2v) is 7.94. The number of hydrogen-bond acceptors (Lipinski definition) is 5. The van der Waals surface area contributed by atoms with Crippen molar-refractivity contribution >= 4 is 11.8 Å². The molecule has 7 nitrogen and oxygen atoms in total. The fourth-order valence-electron chi connectivity index (χ4n) is 3.88. The van der Waals surface area contributed by atoms with Crippen LogP contribution in [-0.2, 0) is 11.4 Å². The van der Waals surface area contributed by atoms with Crippen molar-refractivity contribution in [2.24, 2.45) is 0 Å². The molecule has 1 N–H and O–H groups in total. The van der Waals surface area contributed by atoms with Gasteiger partial charge in [0.15, 0.2) is 5.76 Å². The van der Waals surface area contributed by atoms with Gasteiger partial charge in [-0.05, 0) is 62.1 Å². The quantitative estimate of drug-likeness (QED) is 0.606. The Hall–Kier alpha value is -3.61. The van der Waals surface area contributed by atoms with E-state index in [0.717, 1.165) is 29.7 Å². The van der Waals surface area contributed by atoms with Gasteiger partial charge in [-0.3, -0.25) is 14.6 Å². The summed E-state index contributed by atoms with van der Waals surface area (Å²) >= 11 is 0. The number of carbonyl (C=O) groups is 2. The zero-order valence-electron chi connectivity index (χ0n) is 18.1. The third kappa shape index (κ3) is 5.17. The molecule has 2 unspecified atom stereocenters. The molecule has 1 fully saturated rings. The molecule has 1 aromatic carbocycles. The van der Waals surface area contributed by atoms with E-state index < -0.39 is 6.04 Å². The maximum absolute atomic E-state index is 13.0. The number of aromatic nitrogens is 1. The highest BCUT2D eigenvalue weighted by molar-refractivity contribution is 5.95. The van der Waals surface area contributed by atoms with Crippen LogP contribution >= 0.6 is 0 Å². The van der Waals surface area contributed by atoms with Crippen LogP contribution in [0.25, 0.3) is 0 Å². The van der Waals surface area contributed by atoms with Crippen molar-refractivity contribution in [2.75, 3.05) is 6.54 Å². The van der Waals surface area contributed by atoms with Gasteiger partial charge < -0.3 is 19.4 Å². The fraction of sp³-hybridized carbons (Fsp3) is 0.320. The molecular formula is C25H27N3O4. The molecule has 0 aliphatic carbocycles. The standard InChI is InChI=1S/C25H27N3O4/c1-18(20-9-11-21(12-10-20)32-17-19-6-4-13-26-16-19)27-24(29)22-7-2-3-14-28(22)25(30)23-8-5-15-31-23/h4-6,8-13,15-16,18,22H,2-3,7,14,17H2,1H3,(H,27,29). The van der Waals surface area contributed by atoms with Crippen LogP contribution in [0.15, 0.2) is 71.6 Å². The van der Waals surface area contributed by atoms with Gasteiger partial charge in [-0.25, -0.2) is 0 Å². The third-order valence-corrected chi connectivity index (χ3v) is 5.67. The molecule has 4 rings (SSSR count). The molecule has 3 heterocycles. The first-order chi connectivity index (χ1) is 15.6. The first-order valence-corrected chi connectivity index (χ1v) is 10.9. The van der Waals surface area contributed by atoms with Crippen LogP contribution in [0.3, 0.4) is 0 Å². The molecule has 0 bridgehead atoms. The number of ether oxygens (including phenoxy) is 1. The summed E-state index contributed by atoms with van der Waals surface area (Å²) in [6, 6.07) is 14.1. The van der Waals surface area contributed by atoms with E-state index in [9.17, 15) is 9.59 Å². The predicted octanol–water partition coefficient (Wildman–Crippen LogP) is 4.13. The average Bonchev–Trinajstić information content (AvgIpc) is 3.38. The number of benzene rings is 1. The van der Waals surface area contributed by atoms with Gasteiger partial charge in [0, 0.05) is 24.5 Å². The van der Waals surface area contributed by atoms with Crippen LogP contribution in [-0.4, -0.2) is 34.3 Å². The van der Waals surface area contributed by atoms with E-state index in [0.29, 0.717) is 19.6 Å². The van der Waals surface area contributed by atoms with Crippen molar-refractivity contribution in [1.82, 2.24) is 15.2 Å². The molecule has 0 spiro atoms. The number of rotatable bonds is 7.